The molecule has 1 aromatic carbocycles. The van der Waals surface area contributed by atoms with Crippen molar-refractivity contribution in [2.75, 3.05) is 11.4 Å². The highest BCUT2D eigenvalue weighted by molar-refractivity contribution is 9.10. The lowest BCUT2D eigenvalue weighted by molar-refractivity contribution is 0.722. The molecule has 0 spiro atoms. The predicted octanol–water partition coefficient (Wildman–Crippen LogP) is 3.87. The summed E-state index contributed by atoms with van der Waals surface area (Å²) in [6.45, 7) is 11.0. The van der Waals surface area contributed by atoms with Crippen LogP contribution in [-0.4, -0.2) is 12.6 Å². The van der Waals surface area contributed by atoms with Crippen molar-refractivity contribution in [3.05, 3.63) is 40.9 Å². The van der Waals surface area contributed by atoms with Crippen molar-refractivity contribution in [3.8, 4) is 0 Å². The highest BCUT2D eigenvalue weighted by Gasteiger charge is 2.11. The van der Waals surface area contributed by atoms with Gasteiger partial charge >= 0.3 is 0 Å². The maximum atomic E-state index is 5.90. The molecule has 0 heterocycles. The van der Waals surface area contributed by atoms with E-state index in [9.17, 15) is 0 Å². The number of hydrogen-bond acceptors (Lipinski definition) is 2. The fourth-order valence-electron chi connectivity index (χ4n) is 1.82. The van der Waals surface area contributed by atoms with E-state index in [2.05, 4.69) is 59.5 Å². The third-order valence-electron chi connectivity index (χ3n) is 2.76. The molecule has 0 fully saturated rings. The molecule has 0 aliphatic heterocycles. The van der Waals surface area contributed by atoms with E-state index >= 15 is 0 Å². The molecule has 0 unspecified atom stereocenters. The first kappa shape index (κ1) is 14.3. The van der Waals surface area contributed by atoms with Gasteiger partial charge in [-0.3, -0.25) is 0 Å². The third kappa shape index (κ3) is 3.58. The van der Waals surface area contributed by atoms with Gasteiger partial charge in [-0.15, -0.1) is 6.58 Å². The minimum absolute atomic E-state index is 0.0466. The maximum Gasteiger partial charge on any atom is 0.0382 e. The molecule has 0 bridgehead atoms. The molecule has 1 atom stereocenters. The molecular weight excluding hydrogens is 276 g/mol. The minimum atomic E-state index is 0.0466. The Hall–Kier alpha value is -0.800. The number of halogens is 1. The molecule has 94 valence electrons. The van der Waals surface area contributed by atoms with Crippen LogP contribution in [0, 0.1) is 0 Å². The van der Waals surface area contributed by atoms with Gasteiger partial charge in [0.2, 0.25) is 0 Å². The SMILES string of the molecule is C=CCN(c1ccc([C@@H](C)N)c(Br)c1)C(C)C. The molecule has 0 aliphatic carbocycles. The van der Waals surface area contributed by atoms with Crippen molar-refractivity contribution >= 4 is 21.6 Å². The summed E-state index contributed by atoms with van der Waals surface area (Å²) in [6, 6.07) is 6.82. The van der Waals surface area contributed by atoms with Gasteiger partial charge in [-0.25, -0.2) is 0 Å². The lowest BCUT2D eigenvalue weighted by atomic mass is 10.1. The number of nitrogens with zero attached hydrogens (tertiary/aromatic N) is 1. The molecule has 2 N–H and O–H groups in total. The van der Waals surface area contributed by atoms with E-state index in [1.165, 1.54) is 5.69 Å². The number of anilines is 1. The van der Waals surface area contributed by atoms with Crippen molar-refractivity contribution in [3.63, 3.8) is 0 Å². The summed E-state index contributed by atoms with van der Waals surface area (Å²) in [4.78, 5) is 2.29. The fraction of sp³-hybridized carbons (Fsp3) is 0.429. The minimum Gasteiger partial charge on any atom is -0.365 e. The zero-order chi connectivity index (χ0) is 13.0. The van der Waals surface area contributed by atoms with Crippen molar-refractivity contribution < 1.29 is 0 Å². The molecule has 0 radical (unpaired) electrons. The van der Waals surface area contributed by atoms with Crippen LogP contribution in [-0.2, 0) is 0 Å². The Morgan fingerprint density at radius 3 is 2.47 bits per heavy atom. The summed E-state index contributed by atoms with van der Waals surface area (Å²) in [5.74, 6) is 0. The van der Waals surface area contributed by atoms with Crippen molar-refractivity contribution in [2.45, 2.75) is 32.9 Å². The van der Waals surface area contributed by atoms with Gasteiger partial charge in [-0.05, 0) is 38.5 Å². The van der Waals surface area contributed by atoms with Crippen LogP contribution < -0.4 is 10.6 Å². The molecule has 2 nitrogen and oxygen atoms in total. The van der Waals surface area contributed by atoms with Gasteiger partial charge in [-0.2, -0.15) is 0 Å². The van der Waals surface area contributed by atoms with Crippen molar-refractivity contribution in [1.82, 2.24) is 0 Å². The van der Waals surface area contributed by atoms with Gasteiger partial charge in [0.05, 0.1) is 0 Å². The van der Waals surface area contributed by atoms with Crippen LogP contribution in [0.15, 0.2) is 35.3 Å². The van der Waals surface area contributed by atoms with Crippen LogP contribution in [0.2, 0.25) is 0 Å². The summed E-state index contributed by atoms with van der Waals surface area (Å²) >= 11 is 3.58. The van der Waals surface area contributed by atoms with E-state index in [0.29, 0.717) is 6.04 Å². The average molecular weight is 297 g/mol. The summed E-state index contributed by atoms with van der Waals surface area (Å²) in [5, 5.41) is 0. The Balaban J connectivity index is 3.06. The number of hydrogen-bond donors (Lipinski definition) is 1. The van der Waals surface area contributed by atoms with E-state index in [4.69, 9.17) is 5.73 Å². The molecule has 0 saturated heterocycles. The van der Waals surface area contributed by atoms with E-state index in [1.807, 2.05) is 13.0 Å². The molecule has 1 rings (SSSR count). The van der Waals surface area contributed by atoms with Crippen LogP contribution in [0.25, 0.3) is 0 Å². The second-order valence-corrected chi connectivity index (χ2v) is 5.38. The first-order valence-corrected chi connectivity index (χ1v) is 6.69. The van der Waals surface area contributed by atoms with Gasteiger partial charge in [0.1, 0.15) is 0 Å². The highest BCUT2D eigenvalue weighted by atomic mass is 79.9. The second-order valence-electron chi connectivity index (χ2n) is 4.53. The Kier molecular flexibility index (Phi) is 5.22. The largest absolute Gasteiger partial charge is 0.365 e. The summed E-state index contributed by atoms with van der Waals surface area (Å²) in [7, 11) is 0. The van der Waals surface area contributed by atoms with E-state index in [1.54, 1.807) is 0 Å². The Bertz CT molecular complexity index is 386. The third-order valence-corrected chi connectivity index (χ3v) is 3.44. The standard InChI is InChI=1S/C14H21BrN2/c1-5-8-17(10(2)3)12-6-7-13(11(4)16)14(15)9-12/h5-7,9-11H,1,8,16H2,2-4H3/t11-/m1/s1. The molecule has 0 aromatic heterocycles. The molecule has 3 heteroatoms. The smallest absolute Gasteiger partial charge is 0.0382 e. The topological polar surface area (TPSA) is 29.3 Å². The maximum absolute atomic E-state index is 5.90. The van der Waals surface area contributed by atoms with Crippen LogP contribution in [0.4, 0.5) is 5.69 Å². The molecule has 17 heavy (non-hydrogen) atoms. The summed E-state index contributed by atoms with van der Waals surface area (Å²) < 4.78 is 1.07. The van der Waals surface area contributed by atoms with E-state index in [0.717, 1.165) is 16.6 Å². The average Bonchev–Trinajstić information content (AvgIpc) is 2.24. The van der Waals surface area contributed by atoms with Gasteiger partial charge in [0.15, 0.2) is 0 Å². The normalized spacial score (nSPS) is 12.6. The van der Waals surface area contributed by atoms with Gasteiger partial charge in [-0.1, -0.05) is 28.1 Å². The summed E-state index contributed by atoms with van der Waals surface area (Å²) in [6.07, 6.45) is 1.92. The van der Waals surface area contributed by atoms with Crippen molar-refractivity contribution in [1.29, 1.82) is 0 Å². The fourth-order valence-corrected chi connectivity index (χ4v) is 2.55. The van der Waals surface area contributed by atoms with Gasteiger partial charge in [0, 0.05) is 28.8 Å². The Morgan fingerprint density at radius 1 is 1.41 bits per heavy atom. The molecule has 1 aromatic rings. The van der Waals surface area contributed by atoms with E-state index < -0.39 is 0 Å². The first-order valence-electron chi connectivity index (χ1n) is 5.90. The van der Waals surface area contributed by atoms with Crippen molar-refractivity contribution in [2.24, 2.45) is 5.73 Å². The molecule has 0 aliphatic rings. The lowest BCUT2D eigenvalue weighted by Crippen LogP contribution is -2.30. The second kappa shape index (κ2) is 6.22. The molecular formula is C14H21BrN2. The van der Waals surface area contributed by atoms with Gasteiger partial charge in [0.25, 0.3) is 0 Å². The monoisotopic (exact) mass is 296 g/mol. The van der Waals surface area contributed by atoms with Crippen LogP contribution in [0.1, 0.15) is 32.4 Å². The van der Waals surface area contributed by atoms with Crippen LogP contribution in [0.5, 0.6) is 0 Å². The molecule has 0 amide bonds. The summed E-state index contributed by atoms with van der Waals surface area (Å²) in [5.41, 5.74) is 8.23. The van der Waals surface area contributed by atoms with E-state index in [-0.39, 0.29) is 6.04 Å². The number of rotatable bonds is 5. The van der Waals surface area contributed by atoms with Crippen LogP contribution >= 0.6 is 15.9 Å². The van der Waals surface area contributed by atoms with Gasteiger partial charge < -0.3 is 10.6 Å². The zero-order valence-corrected chi connectivity index (χ0v) is 12.4. The quantitative estimate of drug-likeness (QED) is 0.836. The predicted molar refractivity (Wildman–Crippen MR) is 79.4 cm³/mol. The lowest BCUT2D eigenvalue weighted by Gasteiger charge is -2.28. The number of benzene rings is 1. The Labute approximate surface area is 113 Å². The number of nitrogens with two attached hydrogens (primary N) is 1. The van der Waals surface area contributed by atoms with Crippen LogP contribution in [0.3, 0.4) is 0 Å². The zero-order valence-electron chi connectivity index (χ0n) is 10.8. The molecule has 0 saturated carbocycles. The first-order chi connectivity index (χ1) is 7.97. The highest BCUT2D eigenvalue weighted by Crippen LogP contribution is 2.28. The Morgan fingerprint density at radius 2 is 2.06 bits per heavy atom.